The zero-order chi connectivity index (χ0) is 16.4. The smallest absolute Gasteiger partial charge is 0.272 e. The van der Waals surface area contributed by atoms with Crippen LogP contribution in [0.25, 0.3) is 0 Å². The van der Waals surface area contributed by atoms with E-state index in [1.54, 1.807) is 6.07 Å². The molecule has 1 saturated heterocycles. The second kappa shape index (κ2) is 7.89. The summed E-state index contributed by atoms with van der Waals surface area (Å²) in [4.78, 5) is 12.5. The molecule has 2 aliphatic heterocycles. The molecule has 0 bridgehead atoms. The SMILES string of the molecule is Cl.O=C(NC1COc2ccccc2C1)c1ccn(C2CCCNC2)n1. The molecular formula is C18H23ClN4O2. The molecule has 2 unspecified atom stereocenters. The van der Waals surface area contributed by atoms with Gasteiger partial charge < -0.3 is 15.4 Å². The van der Waals surface area contributed by atoms with Gasteiger partial charge in [0.1, 0.15) is 18.1 Å². The topological polar surface area (TPSA) is 68.2 Å². The Bertz CT molecular complexity index is 727. The largest absolute Gasteiger partial charge is 0.491 e. The van der Waals surface area contributed by atoms with Crippen LogP contribution in [-0.4, -0.2) is 41.4 Å². The van der Waals surface area contributed by atoms with Crippen molar-refractivity contribution in [3.8, 4) is 5.75 Å². The van der Waals surface area contributed by atoms with E-state index in [1.165, 1.54) is 0 Å². The number of hydrogen-bond donors (Lipinski definition) is 2. The average molecular weight is 363 g/mol. The first-order valence-electron chi connectivity index (χ1n) is 8.57. The fourth-order valence-electron chi connectivity index (χ4n) is 3.40. The van der Waals surface area contributed by atoms with Crippen molar-refractivity contribution >= 4 is 18.3 Å². The van der Waals surface area contributed by atoms with Crippen molar-refractivity contribution in [1.29, 1.82) is 0 Å². The van der Waals surface area contributed by atoms with Gasteiger partial charge in [0.2, 0.25) is 0 Å². The Hall–Kier alpha value is -2.05. The second-order valence-electron chi connectivity index (χ2n) is 6.47. The van der Waals surface area contributed by atoms with Crippen LogP contribution < -0.4 is 15.4 Å². The standard InChI is InChI=1S/C18H22N4O2.ClH/c23-18(16-7-9-22(21-16)15-5-3-8-19-11-15)20-14-10-13-4-1-2-6-17(13)24-12-14;/h1-2,4,6-7,9,14-15,19H,3,5,8,10-12H2,(H,20,23);1H. The molecule has 1 fully saturated rings. The molecule has 2 atom stereocenters. The van der Waals surface area contributed by atoms with E-state index in [0.29, 0.717) is 18.3 Å². The molecule has 4 rings (SSSR count). The van der Waals surface area contributed by atoms with Gasteiger partial charge in [0.05, 0.1) is 12.1 Å². The zero-order valence-corrected chi connectivity index (χ0v) is 14.8. The lowest BCUT2D eigenvalue weighted by molar-refractivity contribution is 0.0909. The summed E-state index contributed by atoms with van der Waals surface area (Å²) in [5.74, 6) is 0.780. The summed E-state index contributed by atoms with van der Waals surface area (Å²) in [5.41, 5.74) is 1.60. The summed E-state index contributed by atoms with van der Waals surface area (Å²) < 4.78 is 7.64. The van der Waals surface area contributed by atoms with Gasteiger partial charge in [0.25, 0.3) is 5.91 Å². The third kappa shape index (κ3) is 3.96. The quantitative estimate of drug-likeness (QED) is 0.875. The molecular weight excluding hydrogens is 340 g/mol. The van der Waals surface area contributed by atoms with Gasteiger partial charge in [-0.05, 0) is 43.5 Å². The molecule has 1 aromatic carbocycles. The number of halogens is 1. The maximum Gasteiger partial charge on any atom is 0.272 e. The molecule has 2 N–H and O–H groups in total. The lowest BCUT2D eigenvalue weighted by Crippen LogP contribution is -2.43. The van der Waals surface area contributed by atoms with Crippen molar-refractivity contribution < 1.29 is 9.53 Å². The Kier molecular flexibility index (Phi) is 5.60. The fraction of sp³-hybridized carbons (Fsp3) is 0.444. The van der Waals surface area contributed by atoms with Crippen LogP contribution in [0.3, 0.4) is 0 Å². The normalized spacial score (nSPS) is 22.2. The van der Waals surface area contributed by atoms with Crippen molar-refractivity contribution in [1.82, 2.24) is 20.4 Å². The van der Waals surface area contributed by atoms with Crippen molar-refractivity contribution in [2.24, 2.45) is 0 Å². The molecule has 0 radical (unpaired) electrons. The van der Waals surface area contributed by atoms with Gasteiger partial charge in [-0.2, -0.15) is 5.10 Å². The van der Waals surface area contributed by atoms with Crippen LogP contribution in [0.4, 0.5) is 0 Å². The fourth-order valence-corrected chi connectivity index (χ4v) is 3.40. The van der Waals surface area contributed by atoms with E-state index in [2.05, 4.69) is 15.7 Å². The van der Waals surface area contributed by atoms with Crippen LogP contribution in [0.1, 0.15) is 34.9 Å². The summed E-state index contributed by atoms with van der Waals surface area (Å²) in [6.45, 7) is 2.47. The molecule has 1 aromatic heterocycles. The minimum atomic E-state index is -0.134. The lowest BCUT2D eigenvalue weighted by atomic mass is 10.0. The number of amides is 1. The van der Waals surface area contributed by atoms with E-state index in [-0.39, 0.29) is 24.4 Å². The Labute approximate surface area is 153 Å². The zero-order valence-electron chi connectivity index (χ0n) is 14.0. The first-order chi connectivity index (χ1) is 11.8. The van der Waals surface area contributed by atoms with Crippen molar-refractivity contribution in [2.75, 3.05) is 19.7 Å². The number of carbonyl (C=O) groups excluding carboxylic acids is 1. The van der Waals surface area contributed by atoms with Crippen molar-refractivity contribution in [2.45, 2.75) is 31.3 Å². The van der Waals surface area contributed by atoms with E-state index in [9.17, 15) is 4.79 Å². The minimum Gasteiger partial charge on any atom is -0.491 e. The number of benzene rings is 1. The summed E-state index contributed by atoms with van der Waals surface area (Å²) in [5, 5.41) is 10.9. The van der Waals surface area contributed by atoms with E-state index in [1.807, 2.05) is 35.1 Å². The third-order valence-electron chi connectivity index (χ3n) is 4.70. The number of rotatable bonds is 3. The van der Waals surface area contributed by atoms with Crippen LogP contribution in [0.5, 0.6) is 5.75 Å². The molecule has 2 aliphatic rings. The van der Waals surface area contributed by atoms with Gasteiger partial charge in [-0.25, -0.2) is 0 Å². The van der Waals surface area contributed by atoms with Gasteiger partial charge in [-0.1, -0.05) is 18.2 Å². The van der Waals surface area contributed by atoms with Gasteiger partial charge in [-0.3, -0.25) is 9.48 Å². The van der Waals surface area contributed by atoms with E-state index < -0.39 is 0 Å². The van der Waals surface area contributed by atoms with Crippen LogP contribution in [0, 0.1) is 0 Å². The number of nitrogens with one attached hydrogen (secondary N) is 2. The Balaban J connectivity index is 0.00000182. The lowest BCUT2D eigenvalue weighted by Gasteiger charge is -2.25. The summed E-state index contributed by atoms with van der Waals surface area (Å²) >= 11 is 0. The number of ether oxygens (including phenoxy) is 1. The molecule has 3 heterocycles. The maximum absolute atomic E-state index is 12.5. The number of piperidine rings is 1. The van der Waals surface area contributed by atoms with E-state index >= 15 is 0 Å². The minimum absolute atomic E-state index is 0. The highest BCUT2D eigenvalue weighted by atomic mass is 35.5. The Morgan fingerprint density at radius 2 is 2.20 bits per heavy atom. The monoisotopic (exact) mass is 362 g/mol. The highest BCUT2D eigenvalue weighted by Gasteiger charge is 2.23. The number of fused-ring (bicyclic) bond motifs is 1. The predicted molar refractivity (Wildman–Crippen MR) is 97.5 cm³/mol. The van der Waals surface area contributed by atoms with Crippen molar-refractivity contribution in [3.63, 3.8) is 0 Å². The summed E-state index contributed by atoms with van der Waals surface area (Å²) in [6.07, 6.45) is 4.93. The molecule has 0 saturated carbocycles. The Morgan fingerprint density at radius 3 is 3.04 bits per heavy atom. The van der Waals surface area contributed by atoms with Gasteiger partial charge in [0, 0.05) is 12.7 Å². The number of aromatic nitrogens is 2. The van der Waals surface area contributed by atoms with Gasteiger partial charge in [0.15, 0.2) is 0 Å². The molecule has 0 aliphatic carbocycles. The number of nitrogens with zero attached hydrogens (tertiary/aromatic N) is 2. The molecule has 6 nitrogen and oxygen atoms in total. The molecule has 7 heteroatoms. The maximum atomic E-state index is 12.5. The molecule has 1 amide bonds. The summed E-state index contributed by atoms with van der Waals surface area (Å²) in [7, 11) is 0. The third-order valence-corrected chi connectivity index (χ3v) is 4.70. The predicted octanol–water partition coefficient (Wildman–Crippen LogP) is 1.96. The highest BCUT2D eigenvalue weighted by Crippen LogP contribution is 2.24. The number of para-hydroxylation sites is 1. The van der Waals surface area contributed by atoms with E-state index in [4.69, 9.17) is 4.74 Å². The first kappa shape index (κ1) is 17.8. The van der Waals surface area contributed by atoms with Crippen molar-refractivity contribution in [3.05, 3.63) is 47.8 Å². The molecule has 25 heavy (non-hydrogen) atoms. The van der Waals surface area contributed by atoms with Crippen LogP contribution in [0.2, 0.25) is 0 Å². The van der Waals surface area contributed by atoms with Gasteiger partial charge >= 0.3 is 0 Å². The van der Waals surface area contributed by atoms with Crippen LogP contribution in [0.15, 0.2) is 36.5 Å². The second-order valence-corrected chi connectivity index (χ2v) is 6.47. The highest BCUT2D eigenvalue weighted by molar-refractivity contribution is 5.92. The average Bonchev–Trinajstić information content (AvgIpc) is 3.13. The molecule has 2 aromatic rings. The Morgan fingerprint density at radius 1 is 1.32 bits per heavy atom. The number of hydrogen-bond acceptors (Lipinski definition) is 4. The van der Waals surface area contributed by atoms with Crippen LogP contribution >= 0.6 is 12.4 Å². The van der Waals surface area contributed by atoms with E-state index in [0.717, 1.165) is 43.7 Å². The number of carbonyl (C=O) groups is 1. The molecule has 134 valence electrons. The molecule has 0 spiro atoms. The summed E-state index contributed by atoms with van der Waals surface area (Å²) in [6, 6.07) is 10.1. The van der Waals surface area contributed by atoms with Gasteiger partial charge in [-0.15, -0.1) is 12.4 Å². The van der Waals surface area contributed by atoms with Crippen LogP contribution in [-0.2, 0) is 6.42 Å². The first-order valence-corrected chi connectivity index (χ1v) is 8.57.